The maximum atomic E-state index is 14.3. The molecule has 13 heteroatoms. The number of alkyl carbamates (subject to hydrolysis) is 1. The highest BCUT2D eigenvalue weighted by atomic mass is 16.7. The lowest BCUT2D eigenvalue weighted by molar-refractivity contribution is -0.199. The maximum Gasteiger partial charge on any atom is 0.481 e. The van der Waals surface area contributed by atoms with Crippen molar-refractivity contribution in [1.82, 2.24) is 15.5 Å². The first-order valence-electron chi connectivity index (χ1n) is 17.5. The van der Waals surface area contributed by atoms with Gasteiger partial charge in [-0.3, -0.25) is 9.59 Å². The summed E-state index contributed by atoms with van der Waals surface area (Å²) in [5, 5.41) is 9.91. The van der Waals surface area contributed by atoms with Gasteiger partial charge in [-0.2, -0.15) is 0 Å². The lowest BCUT2D eigenvalue weighted by Crippen LogP contribution is -2.65. The zero-order chi connectivity index (χ0) is 33.6. The second kappa shape index (κ2) is 13.2. The van der Waals surface area contributed by atoms with E-state index in [0.29, 0.717) is 18.3 Å². The first kappa shape index (κ1) is 34.8. The van der Waals surface area contributed by atoms with Crippen LogP contribution in [0.4, 0.5) is 4.79 Å². The minimum absolute atomic E-state index is 0.00733. The molecule has 6 aliphatic rings. The Balaban J connectivity index is 1.33. The molecule has 2 N–H and O–H groups in total. The van der Waals surface area contributed by atoms with Gasteiger partial charge in [-0.05, 0) is 88.0 Å². The summed E-state index contributed by atoms with van der Waals surface area (Å²) >= 11 is 0. The minimum atomic E-state index is -0.871. The standard InChI is InChI=1S/C33H55BN6O6/c1-19(2)27(34-45-26-16-21-15-25(32(21,6)7)33(26,8)46-34)37-28(41)24-17-22(38-39-35)18-40(24)29(42)23(14-20-12-10-9-11-13-20)36-30(43)44-31(3,4)5/h19-27H,9-18H2,1-8H3,(H,36,43)(H,37,41)/t21-,22+,23+,24-,25-,26+,27-,33-/m0/s1. The van der Waals surface area contributed by atoms with E-state index in [-0.39, 0.29) is 48.1 Å². The molecule has 4 aliphatic carbocycles. The highest BCUT2D eigenvalue weighted by Crippen LogP contribution is 2.65. The quantitative estimate of drug-likeness (QED) is 0.146. The van der Waals surface area contributed by atoms with Crippen molar-refractivity contribution >= 4 is 25.0 Å². The number of hydrogen-bond donors (Lipinski definition) is 2. The molecule has 0 spiro atoms. The van der Waals surface area contributed by atoms with Crippen LogP contribution < -0.4 is 10.6 Å². The van der Waals surface area contributed by atoms with Crippen LogP contribution in [0.2, 0.25) is 0 Å². The van der Waals surface area contributed by atoms with Gasteiger partial charge in [0.15, 0.2) is 0 Å². The molecular formula is C33H55BN6O6. The molecule has 0 unspecified atom stereocenters. The van der Waals surface area contributed by atoms with E-state index in [9.17, 15) is 19.9 Å². The van der Waals surface area contributed by atoms with Gasteiger partial charge in [0.05, 0.1) is 23.7 Å². The predicted molar refractivity (Wildman–Crippen MR) is 174 cm³/mol. The van der Waals surface area contributed by atoms with Gasteiger partial charge in [-0.25, -0.2) is 4.79 Å². The van der Waals surface area contributed by atoms with Crippen LogP contribution in [0.15, 0.2) is 5.11 Å². The van der Waals surface area contributed by atoms with Gasteiger partial charge in [-0.1, -0.05) is 64.9 Å². The number of ether oxygens (including phenoxy) is 1. The van der Waals surface area contributed by atoms with E-state index >= 15 is 0 Å². The summed E-state index contributed by atoms with van der Waals surface area (Å²) in [6.45, 7) is 16.3. The molecule has 2 bridgehead atoms. The number of likely N-dealkylation sites (tertiary alicyclic amines) is 1. The number of carbonyl (C=O) groups excluding carboxylic acids is 3. The Kier molecular flexibility index (Phi) is 9.99. The average Bonchev–Trinajstić information content (AvgIpc) is 3.55. The van der Waals surface area contributed by atoms with Crippen molar-refractivity contribution in [3.05, 3.63) is 10.4 Å². The second-order valence-electron chi connectivity index (χ2n) is 16.7. The molecule has 0 radical (unpaired) electrons. The molecule has 6 rings (SSSR count). The monoisotopic (exact) mass is 642 g/mol. The van der Waals surface area contributed by atoms with E-state index < -0.39 is 48.5 Å². The van der Waals surface area contributed by atoms with E-state index in [4.69, 9.17) is 14.0 Å². The van der Waals surface area contributed by atoms with Gasteiger partial charge in [0.2, 0.25) is 11.8 Å². The summed E-state index contributed by atoms with van der Waals surface area (Å²) in [5.74, 6) is 0.134. The number of amides is 3. The van der Waals surface area contributed by atoms with Gasteiger partial charge in [0.1, 0.15) is 17.7 Å². The van der Waals surface area contributed by atoms with E-state index in [2.05, 4.69) is 41.4 Å². The largest absolute Gasteiger partial charge is 0.481 e. The summed E-state index contributed by atoms with van der Waals surface area (Å²) in [7, 11) is -0.611. The normalized spacial score (nSPS) is 33.4. The summed E-state index contributed by atoms with van der Waals surface area (Å²) in [5.41, 5.74) is 8.28. The SMILES string of the molecule is CC(C)[C@H](NC(=O)[C@@H]1C[C@@H](N=[N+]=[N-])CN1C(=O)[C@@H](CC1CCCCC1)NC(=O)OC(C)(C)C)B1O[C@@H]2C[C@@H]3C[C@@H](C3(C)C)[C@]2(C)O1. The Bertz CT molecular complexity index is 1210. The van der Waals surface area contributed by atoms with Crippen molar-refractivity contribution in [1.29, 1.82) is 0 Å². The van der Waals surface area contributed by atoms with Crippen LogP contribution in [0.1, 0.15) is 113 Å². The molecule has 4 saturated carbocycles. The highest BCUT2D eigenvalue weighted by molar-refractivity contribution is 6.48. The van der Waals surface area contributed by atoms with Crippen LogP contribution in [0.3, 0.4) is 0 Å². The van der Waals surface area contributed by atoms with Crippen LogP contribution in [0.25, 0.3) is 10.4 Å². The van der Waals surface area contributed by atoms with Crippen molar-refractivity contribution in [3.63, 3.8) is 0 Å². The lowest BCUT2D eigenvalue weighted by atomic mass is 9.43. The van der Waals surface area contributed by atoms with Crippen molar-refractivity contribution in [2.24, 2.45) is 34.2 Å². The summed E-state index contributed by atoms with van der Waals surface area (Å²) in [6, 6.07) is -2.29. The molecular weight excluding hydrogens is 587 g/mol. The number of azide groups is 1. The molecule has 3 amide bonds. The minimum Gasteiger partial charge on any atom is -0.444 e. The number of rotatable bonds is 9. The van der Waals surface area contributed by atoms with Gasteiger partial charge in [0, 0.05) is 11.5 Å². The third-order valence-corrected chi connectivity index (χ3v) is 11.7. The van der Waals surface area contributed by atoms with Gasteiger partial charge in [-0.15, -0.1) is 0 Å². The van der Waals surface area contributed by atoms with Crippen LogP contribution >= 0.6 is 0 Å². The smallest absolute Gasteiger partial charge is 0.444 e. The summed E-state index contributed by atoms with van der Waals surface area (Å²) < 4.78 is 18.8. The van der Waals surface area contributed by atoms with Gasteiger partial charge in [0.25, 0.3) is 0 Å². The zero-order valence-electron chi connectivity index (χ0n) is 29.1. The average molecular weight is 643 g/mol. The summed E-state index contributed by atoms with van der Waals surface area (Å²) in [4.78, 5) is 45.8. The van der Waals surface area contributed by atoms with Crippen molar-refractivity contribution < 1.29 is 28.4 Å². The zero-order valence-corrected chi connectivity index (χ0v) is 29.1. The Morgan fingerprint density at radius 3 is 2.39 bits per heavy atom. The molecule has 46 heavy (non-hydrogen) atoms. The molecule has 0 aromatic heterocycles. The Morgan fingerprint density at radius 1 is 1.09 bits per heavy atom. The number of carbonyl (C=O) groups is 3. The topological polar surface area (TPSA) is 155 Å². The Morgan fingerprint density at radius 2 is 1.78 bits per heavy atom. The van der Waals surface area contributed by atoms with Crippen LogP contribution in [-0.2, 0) is 23.6 Å². The fourth-order valence-electron chi connectivity index (χ4n) is 8.95. The first-order chi connectivity index (χ1) is 21.5. The van der Waals surface area contributed by atoms with Crippen molar-refractivity contribution in [2.75, 3.05) is 6.54 Å². The molecule has 12 nitrogen and oxygen atoms in total. The highest BCUT2D eigenvalue weighted by Gasteiger charge is 2.68. The Hall–Kier alpha value is -2.50. The molecule has 2 saturated heterocycles. The Labute approximate surface area is 274 Å². The van der Waals surface area contributed by atoms with Gasteiger partial charge < -0.3 is 29.6 Å². The first-order valence-corrected chi connectivity index (χ1v) is 17.5. The molecule has 0 aromatic rings. The van der Waals surface area contributed by atoms with E-state index in [1.807, 2.05) is 13.8 Å². The van der Waals surface area contributed by atoms with E-state index in [1.165, 1.54) is 11.3 Å². The molecule has 2 heterocycles. The van der Waals surface area contributed by atoms with Gasteiger partial charge >= 0.3 is 13.2 Å². The number of nitrogens with zero attached hydrogens (tertiary/aromatic N) is 4. The molecule has 256 valence electrons. The predicted octanol–water partition coefficient (Wildman–Crippen LogP) is 5.54. The van der Waals surface area contributed by atoms with Crippen LogP contribution in [-0.4, -0.2) is 77.8 Å². The molecule has 2 aliphatic heterocycles. The molecule has 8 atom stereocenters. The fourth-order valence-corrected chi connectivity index (χ4v) is 8.95. The fraction of sp³-hybridized carbons (Fsp3) is 0.909. The third-order valence-electron chi connectivity index (χ3n) is 11.7. The third kappa shape index (κ3) is 7.02. The summed E-state index contributed by atoms with van der Waals surface area (Å²) in [6.07, 6.45) is 7.37. The van der Waals surface area contributed by atoms with E-state index in [0.717, 1.165) is 38.5 Å². The maximum absolute atomic E-state index is 14.3. The second-order valence-corrected chi connectivity index (χ2v) is 16.7. The van der Waals surface area contributed by atoms with Crippen LogP contribution in [0, 0.1) is 29.1 Å². The van der Waals surface area contributed by atoms with Crippen LogP contribution in [0.5, 0.6) is 0 Å². The van der Waals surface area contributed by atoms with E-state index in [1.54, 1.807) is 20.8 Å². The number of hydrogen-bond acceptors (Lipinski definition) is 7. The molecule has 6 fully saturated rings. The van der Waals surface area contributed by atoms with Crippen molar-refractivity contribution in [3.8, 4) is 0 Å². The number of nitrogens with one attached hydrogen (secondary N) is 2. The lowest BCUT2D eigenvalue weighted by Gasteiger charge is -2.64. The van der Waals surface area contributed by atoms with Crippen molar-refractivity contribution in [2.45, 2.75) is 155 Å². The molecule has 0 aromatic carbocycles.